The third-order valence-electron chi connectivity index (χ3n) is 2.31. The monoisotopic (exact) mass is 258 g/mol. The lowest BCUT2D eigenvalue weighted by Gasteiger charge is -2.10. The van der Waals surface area contributed by atoms with E-state index in [9.17, 15) is 4.79 Å². The van der Waals surface area contributed by atoms with Gasteiger partial charge in [-0.2, -0.15) is 0 Å². The Labute approximate surface area is 110 Å². The molecule has 0 aliphatic carbocycles. The zero-order chi connectivity index (χ0) is 13.8. The molecule has 2 aromatic heterocycles. The van der Waals surface area contributed by atoms with Crippen molar-refractivity contribution in [2.24, 2.45) is 0 Å². The second-order valence-electron chi connectivity index (χ2n) is 4.16. The minimum atomic E-state index is -0.339. The molecule has 0 fully saturated rings. The zero-order valence-electron chi connectivity index (χ0n) is 11.0. The Morgan fingerprint density at radius 1 is 1.05 bits per heavy atom. The van der Waals surface area contributed by atoms with Gasteiger partial charge in [-0.05, 0) is 6.92 Å². The minimum Gasteiger partial charge on any atom is -0.347 e. The van der Waals surface area contributed by atoms with E-state index in [0.717, 1.165) is 5.69 Å². The summed E-state index contributed by atoms with van der Waals surface area (Å²) in [5.74, 6) is 0.238. The fraction of sp³-hybridized carbons (Fsp3) is 0.250. The van der Waals surface area contributed by atoms with Gasteiger partial charge in [-0.3, -0.25) is 9.78 Å². The van der Waals surface area contributed by atoms with Crippen molar-refractivity contribution >= 4 is 17.5 Å². The fourth-order valence-corrected chi connectivity index (χ4v) is 1.32. The Morgan fingerprint density at radius 2 is 1.74 bits per heavy atom. The molecular weight excluding hydrogens is 244 g/mol. The van der Waals surface area contributed by atoms with Crippen molar-refractivity contribution in [2.45, 2.75) is 6.92 Å². The SMILES string of the molecule is Cc1cnc(C(=O)Nc2cnc(N(C)C)nc2)cn1. The topological polar surface area (TPSA) is 83.9 Å². The number of carbonyl (C=O) groups is 1. The molecule has 19 heavy (non-hydrogen) atoms. The van der Waals surface area contributed by atoms with Gasteiger partial charge in [0.2, 0.25) is 5.95 Å². The first-order valence-corrected chi connectivity index (χ1v) is 5.65. The lowest BCUT2D eigenvalue weighted by molar-refractivity contribution is 0.102. The van der Waals surface area contributed by atoms with Crippen LogP contribution in [0.4, 0.5) is 11.6 Å². The molecular formula is C12H14N6O. The largest absolute Gasteiger partial charge is 0.347 e. The Balaban J connectivity index is 2.08. The first-order chi connectivity index (χ1) is 9.06. The van der Waals surface area contributed by atoms with E-state index in [0.29, 0.717) is 11.6 Å². The molecule has 0 aliphatic rings. The van der Waals surface area contributed by atoms with Crippen LogP contribution in [0, 0.1) is 6.92 Å². The molecule has 2 heterocycles. The second kappa shape index (κ2) is 5.38. The molecule has 0 saturated carbocycles. The van der Waals surface area contributed by atoms with E-state index in [1.807, 2.05) is 21.0 Å². The summed E-state index contributed by atoms with van der Waals surface area (Å²) in [7, 11) is 3.69. The maximum absolute atomic E-state index is 11.9. The maximum Gasteiger partial charge on any atom is 0.275 e. The molecule has 1 amide bonds. The average Bonchev–Trinajstić information content (AvgIpc) is 2.40. The van der Waals surface area contributed by atoms with Crippen LogP contribution in [-0.2, 0) is 0 Å². The van der Waals surface area contributed by atoms with Gasteiger partial charge in [0, 0.05) is 20.3 Å². The van der Waals surface area contributed by atoms with Gasteiger partial charge < -0.3 is 10.2 Å². The molecule has 0 radical (unpaired) electrons. The third kappa shape index (κ3) is 3.21. The van der Waals surface area contributed by atoms with Crippen LogP contribution in [0.5, 0.6) is 0 Å². The number of nitrogens with one attached hydrogen (secondary N) is 1. The number of anilines is 2. The van der Waals surface area contributed by atoms with Crippen molar-refractivity contribution in [3.05, 3.63) is 36.2 Å². The molecule has 0 bridgehead atoms. The lowest BCUT2D eigenvalue weighted by atomic mass is 10.4. The van der Waals surface area contributed by atoms with Gasteiger partial charge in [-0.25, -0.2) is 15.0 Å². The van der Waals surface area contributed by atoms with E-state index >= 15 is 0 Å². The van der Waals surface area contributed by atoms with E-state index < -0.39 is 0 Å². The van der Waals surface area contributed by atoms with E-state index in [4.69, 9.17) is 0 Å². The van der Waals surface area contributed by atoms with Gasteiger partial charge in [0.25, 0.3) is 5.91 Å². The number of rotatable bonds is 3. The standard InChI is InChI=1S/C12H14N6O/c1-8-4-14-10(7-13-8)11(19)17-9-5-15-12(16-6-9)18(2)3/h4-7H,1-3H3,(H,17,19). The average molecular weight is 258 g/mol. The first kappa shape index (κ1) is 12.9. The van der Waals surface area contributed by atoms with E-state index in [1.54, 1.807) is 23.5 Å². The van der Waals surface area contributed by atoms with Crippen molar-refractivity contribution < 1.29 is 4.79 Å². The number of aromatic nitrogens is 4. The van der Waals surface area contributed by atoms with Crippen molar-refractivity contribution in [1.82, 2.24) is 19.9 Å². The fourth-order valence-electron chi connectivity index (χ4n) is 1.32. The summed E-state index contributed by atoms with van der Waals surface area (Å²) in [5.41, 5.74) is 1.52. The van der Waals surface area contributed by atoms with Crippen molar-refractivity contribution in [3.63, 3.8) is 0 Å². The molecule has 0 aliphatic heterocycles. The molecule has 1 N–H and O–H groups in total. The minimum absolute atomic E-state index is 0.252. The van der Waals surface area contributed by atoms with Crippen LogP contribution in [0.15, 0.2) is 24.8 Å². The quantitative estimate of drug-likeness (QED) is 0.880. The molecule has 0 saturated heterocycles. The van der Waals surface area contributed by atoms with Crippen LogP contribution in [0.25, 0.3) is 0 Å². The molecule has 98 valence electrons. The van der Waals surface area contributed by atoms with Gasteiger partial charge in [0.15, 0.2) is 0 Å². The molecule has 2 rings (SSSR count). The molecule has 0 atom stereocenters. The Morgan fingerprint density at radius 3 is 2.26 bits per heavy atom. The Bertz CT molecular complexity index is 564. The van der Waals surface area contributed by atoms with Crippen molar-refractivity contribution in [3.8, 4) is 0 Å². The second-order valence-corrected chi connectivity index (χ2v) is 4.16. The molecule has 2 aromatic rings. The van der Waals surface area contributed by atoms with E-state index in [-0.39, 0.29) is 11.6 Å². The zero-order valence-corrected chi connectivity index (χ0v) is 11.0. The maximum atomic E-state index is 11.9. The van der Waals surface area contributed by atoms with Crippen LogP contribution in [0.2, 0.25) is 0 Å². The Hall–Kier alpha value is -2.57. The van der Waals surface area contributed by atoms with E-state index in [1.165, 1.54) is 6.20 Å². The van der Waals surface area contributed by atoms with Gasteiger partial charge in [0.1, 0.15) is 5.69 Å². The summed E-state index contributed by atoms with van der Waals surface area (Å²) in [4.78, 5) is 29.9. The molecule has 0 spiro atoms. The highest BCUT2D eigenvalue weighted by atomic mass is 16.1. The summed E-state index contributed by atoms with van der Waals surface area (Å²) in [6.45, 7) is 1.81. The van der Waals surface area contributed by atoms with Crippen LogP contribution < -0.4 is 10.2 Å². The van der Waals surface area contributed by atoms with E-state index in [2.05, 4.69) is 25.3 Å². The van der Waals surface area contributed by atoms with Crippen LogP contribution >= 0.6 is 0 Å². The van der Waals surface area contributed by atoms with Gasteiger partial charge >= 0.3 is 0 Å². The number of nitrogens with zero attached hydrogens (tertiary/aromatic N) is 5. The smallest absolute Gasteiger partial charge is 0.275 e. The van der Waals surface area contributed by atoms with Gasteiger partial charge in [0.05, 0.1) is 30.0 Å². The van der Waals surface area contributed by atoms with Crippen molar-refractivity contribution in [2.75, 3.05) is 24.3 Å². The number of amides is 1. The number of hydrogen-bond donors (Lipinski definition) is 1. The number of carbonyl (C=O) groups excluding carboxylic acids is 1. The normalized spacial score (nSPS) is 10.1. The third-order valence-corrected chi connectivity index (χ3v) is 2.31. The molecule has 0 unspecified atom stereocenters. The van der Waals surface area contributed by atoms with Crippen LogP contribution in [0.3, 0.4) is 0 Å². The summed E-state index contributed by atoms with van der Waals surface area (Å²) in [6.07, 6.45) is 6.06. The first-order valence-electron chi connectivity index (χ1n) is 5.65. The van der Waals surface area contributed by atoms with Crippen LogP contribution in [-0.4, -0.2) is 39.9 Å². The lowest BCUT2D eigenvalue weighted by Crippen LogP contribution is -2.16. The highest BCUT2D eigenvalue weighted by molar-refractivity contribution is 6.02. The molecule has 7 nitrogen and oxygen atoms in total. The molecule has 7 heteroatoms. The van der Waals surface area contributed by atoms with Crippen LogP contribution in [0.1, 0.15) is 16.2 Å². The predicted molar refractivity (Wildman–Crippen MR) is 71.1 cm³/mol. The Kier molecular flexibility index (Phi) is 3.65. The van der Waals surface area contributed by atoms with Gasteiger partial charge in [-0.1, -0.05) is 0 Å². The highest BCUT2D eigenvalue weighted by Gasteiger charge is 2.08. The predicted octanol–water partition coefficient (Wildman–Crippen LogP) is 0.893. The molecule has 0 aromatic carbocycles. The summed E-state index contributed by atoms with van der Waals surface area (Å²) >= 11 is 0. The van der Waals surface area contributed by atoms with Crippen molar-refractivity contribution in [1.29, 1.82) is 0 Å². The number of aryl methyl sites for hydroxylation is 1. The summed E-state index contributed by atoms with van der Waals surface area (Å²) < 4.78 is 0. The summed E-state index contributed by atoms with van der Waals surface area (Å²) in [6, 6.07) is 0. The van der Waals surface area contributed by atoms with Gasteiger partial charge in [-0.15, -0.1) is 0 Å². The highest BCUT2D eigenvalue weighted by Crippen LogP contribution is 2.08. The number of hydrogen-bond acceptors (Lipinski definition) is 6. The summed E-state index contributed by atoms with van der Waals surface area (Å²) in [5, 5.41) is 2.66.